The molecule has 1 aliphatic rings. The summed E-state index contributed by atoms with van der Waals surface area (Å²) in [6.07, 6.45) is 0.345. The molecule has 0 fully saturated rings. The molecule has 3 N–H and O–H groups in total. The fourth-order valence-corrected chi connectivity index (χ4v) is 2.14. The van der Waals surface area contributed by atoms with Crippen molar-refractivity contribution in [2.45, 2.75) is 17.4 Å². The van der Waals surface area contributed by atoms with Crippen LogP contribution in [0.1, 0.15) is 5.56 Å². The number of hydrogen-bond acceptors (Lipinski definition) is 6. The molecule has 0 amide bonds. The summed E-state index contributed by atoms with van der Waals surface area (Å²) in [5.41, 5.74) is 6.56. The Hall–Kier alpha value is -1.77. The minimum Gasteiger partial charge on any atom is -0.409 e. The first-order valence-electron chi connectivity index (χ1n) is 5.43. The zero-order valence-electron chi connectivity index (χ0n) is 9.81. The van der Waals surface area contributed by atoms with Gasteiger partial charge >= 0.3 is 5.97 Å². The largest absolute Gasteiger partial charge is 0.409 e. The number of ether oxygens (including phenoxy) is 1. The van der Waals surface area contributed by atoms with Gasteiger partial charge in [0, 0.05) is 0 Å². The Morgan fingerprint density at radius 2 is 2.00 bits per heavy atom. The molecule has 19 heavy (non-hydrogen) atoms. The summed E-state index contributed by atoms with van der Waals surface area (Å²) in [6, 6.07) is 5.04. The SMILES string of the molecule is NC(Cc1ccc(S(=O)(=O)O)cc1)C1=NCC(=O)O1. The number of nitrogens with two attached hydrogens (primary N) is 1. The van der Waals surface area contributed by atoms with Gasteiger partial charge in [0.25, 0.3) is 10.1 Å². The number of hydrogen-bond donors (Lipinski definition) is 2. The number of carbonyl (C=O) groups excluding carboxylic acids is 1. The molecule has 1 aliphatic heterocycles. The number of esters is 1. The summed E-state index contributed by atoms with van der Waals surface area (Å²) in [4.78, 5) is 14.5. The molecule has 1 unspecified atom stereocenters. The summed E-state index contributed by atoms with van der Waals surface area (Å²) >= 11 is 0. The third-order valence-electron chi connectivity index (χ3n) is 2.58. The van der Waals surface area contributed by atoms with E-state index in [1.165, 1.54) is 24.3 Å². The lowest BCUT2D eigenvalue weighted by Gasteiger charge is -2.10. The van der Waals surface area contributed by atoms with Crippen LogP contribution in [0.5, 0.6) is 0 Å². The van der Waals surface area contributed by atoms with Gasteiger partial charge in [0.1, 0.15) is 6.54 Å². The fourth-order valence-electron chi connectivity index (χ4n) is 1.66. The summed E-state index contributed by atoms with van der Waals surface area (Å²) in [6.45, 7) is -0.0231. The highest BCUT2D eigenvalue weighted by Crippen LogP contribution is 2.12. The van der Waals surface area contributed by atoms with Crippen LogP contribution < -0.4 is 5.73 Å². The Labute approximate surface area is 109 Å². The van der Waals surface area contributed by atoms with Gasteiger partial charge in [-0.05, 0) is 24.1 Å². The van der Waals surface area contributed by atoms with Crippen LogP contribution in [-0.4, -0.2) is 37.4 Å². The minimum absolute atomic E-state index is 0.0231. The zero-order chi connectivity index (χ0) is 14.0. The minimum atomic E-state index is -4.20. The van der Waals surface area contributed by atoms with Gasteiger partial charge in [0.05, 0.1) is 10.9 Å². The molecule has 8 heteroatoms. The molecule has 1 atom stereocenters. The second-order valence-electron chi connectivity index (χ2n) is 4.06. The molecule has 2 rings (SSSR count). The lowest BCUT2D eigenvalue weighted by atomic mass is 10.1. The van der Waals surface area contributed by atoms with Crippen LogP contribution in [0.2, 0.25) is 0 Å². The highest BCUT2D eigenvalue weighted by atomic mass is 32.2. The van der Waals surface area contributed by atoms with Crippen LogP contribution in [0.15, 0.2) is 34.2 Å². The smallest absolute Gasteiger partial charge is 0.334 e. The highest BCUT2D eigenvalue weighted by Gasteiger charge is 2.22. The van der Waals surface area contributed by atoms with E-state index in [2.05, 4.69) is 4.99 Å². The van der Waals surface area contributed by atoms with E-state index in [-0.39, 0.29) is 17.3 Å². The number of aliphatic imine (C=N–C) groups is 1. The van der Waals surface area contributed by atoms with Crippen molar-refractivity contribution in [1.82, 2.24) is 0 Å². The van der Waals surface area contributed by atoms with Crippen molar-refractivity contribution >= 4 is 22.0 Å². The molecule has 0 bridgehead atoms. The number of cyclic esters (lactones) is 1. The van der Waals surface area contributed by atoms with E-state index in [0.717, 1.165) is 5.56 Å². The standard InChI is InChI=1S/C11H12N2O5S/c12-9(11-13-6-10(14)18-11)5-7-1-3-8(4-2-7)19(15,16)17/h1-4,9H,5-6,12H2,(H,15,16,17). The van der Waals surface area contributed by atoms with Crippen LogP contribution in [0.3, 0.4) is 0 Å². The van der Waals surface area contributed by atoms with E-state index in [9.17, 15) is 13.2 Å². The third kappa shape index (κ3) is 3.37. The molecule has 0 spiro atoms. The predicted molar refractivity (Wildman–Crippen MR) is 66.3 cm³/mol. The summed E-state index contributed by atoms with van der Waals surface area (Å²) in [5, 5.41) is 0. The molecular formula is C11H12N2O5S. The molecule has 1 aromatic carbocycles. The van der Waals surface area contributed by atoms with Gasteiger partial charge < -0.3 is 10.5 Å². The Balaban J connectivity index is 2.06. The van der Waals surface area contributed by atoms with Crippen molar-refractivity contribution in [3.63, 3.8) is 0 Å². The Kier molecular flexibility index (Phi) is 3.65. The first-order valence-corrected chi connectivity index (χ1v) is 6.87. The van der Waals surface area contributed by atoms with Crippen LogP contribution in [0, 0.1) is 0 Å². The van der Waals surface area contributed by atoms with Gasteiger partial charge in [-0.1, -0.05) is 12.1 Å². The maximum Gasteiger partial charge on any atom is 0.334 e. The second kappa shape index (κ2) is 5.08. The summed E-state index contributed by atoms with van der Waals surface area (Å²) in [7, 11) is -4.20. The molecule has 0 aliphatic carbocycles. The van der Waals surface area contributed by atoms with Crippen molar-refractivity contribution in [2.24, 2.45) is 10.7 Å². The molecule has 0 saturated carbocycles. The van der Waals surface area contributed by atoms with E-state index >= 15 is 0 Å². The normalized spacial score (nSPS) is 16.9. The van der Waals surface area contributed by atoms with Gasteiger partial charge in [0.2, 0.25) is 5.90 Å². The maximum absolute atomic E-state index is 10.9. The maximum atomic E-state index is 10.9. The molecule has 7 nitrogen and oxygen atoms in total. The molecular weight excluding hydrogens is 272 g/mol. The summed E-state index contributed by atoms with van der Waals surface area (Å²) in [5.74, 6) is -0.254. The van der Waals surface area contributed by atoms with Gasteiger partial charge in [-0.3, -0.25) is 4.55 Å². The number of rotatable bonds is 4. The van der Waals surface area contributed by atoms with Crippen LogP contribution in [0.25, 0.3) is 0 Å². The van der Waals surface area contributed by atoms with Crippen molar-refractivity contribution < 1.29 is 22.5 Å². The van der Waals surface area contributed by atoms with E-state index < -0.39 is 22.1 Å². The average Bonchev–Trinajstić information content (AvgIpc) is 2.75. The number of benzene rings is 1. The van der Waals surface area contributed by atoms with Gasteiger partial charge in [-0.15, -0.1) is 0 Å². The second-order valence-corrected chi connectivity index (χ2v) is 5.48. The molecule has 0 radical (unpaired) electrons. The van der Waals surface area contributed by atoms with Gasteiger partial charge in [-0.2, -0.15) is 8.42 Å². The zero-order valence-corrected chi connectivity index (χ0v) is 10.6. The topological polar surface area (TPSA) is 119 Å². The average molecular weight is 284 g/mol. The molecule has 102 valence electrons. The van der Waals surface area contributed by atoms with Crippen molar-refractivity contribution in [2.75, 3.05) is 6.54 Å². The monoisotopic (exact) mass is 284 g/mol. The molecule has 0 saturated heterocycles. The lowest BCUT2D eigenvalue weighted by molar-refractivity contribution is -0.132. The Morgan fingerprint density at radius 3 is 2.47 bits per heavy atom. The first kappa shape index (κ1) is 13.7. The Bertz CT molecular complexity index is 621. The lowest BCUT2D eigenvalue weighted by Crippen LogP contribution is -2.33. The predicted octanol–water partition coefficient (Wildman–Crippen LogP) is -0.242. The molecule has 1 aromatic rings. The molecule has 1 heterocycles. The van der Waals surface area contributed by atoms with Gasteiger partial charge in [-0.25, -0.2) is 9.79 Å². The van der Waals surface area contributed by atoms with E-state index in [0.29, 0.717) is 6.42 Å². The van der Waals surface area contributed by atoms with E-state index in [4.69, 9.17) is 15.0 Å². The van der Waals surface area contributed by atoms with Crippen molar-refractivity contribution in [3.8, 4) is 0 Å². The molecule has 0 aromatic heterocycles. The Morgan fingerprint density at radius 1 is 1.37 bits per heavy atom. The van der Waals surface area contributed by atoms with Gasteiger partial charge in [0.15, 0.2) is 0 Å². The number of carbonyl (C=O) groups is 1. The quantitative estimate of drug-likeness (QED) is 0.581. The first-order chi connectivity index (χ1) is 8.86. The highest BCUT2D eigenvalue weighted by molar-refractivity contribution is 7.85. The van der Waals surface area contributed by atoms with Crippen LogP contribution >= 0.6 is 0 Å². The van der Waals surface area contributed by atoms with E-state index in [1.54, 1.807) is 0 Å². The summed E-state index contributed by atoms with van der Waals surface area (Å²) < 4.78 is 35.4. The van der Waals surface area contributed by atoms with Crippen LogP contribution in [-0.2, 0) is 26.1 Å². The number of nitrogens with zero attached hydrogens (tertiary/aromatic N) is 1. The van der Waals surface area contributed by atoms with Crippen molar-refractivity contribution in [3.05, 3.63) is 29.8 Å². The fraction of sp³-hybridized carbons (Fsp3) is 0.273. The third-order valence-corrected chi connectivity index (χ3v) is 3.44. The van der Waals surface area contributed by atoms with Crippen molar-refractivity contribution in [1.29, 1.82) is 0 Å². The van der Waals surface area contributed by atoms with E-state index in [1.807, 2.05) is 0 Å². The van der Waals surface area contributed by atoms with Crippen LogP contribution in [0.4, 0.5) is 0 Å².